The van der Waals surface area contributed by atoms with E-state index in [1.54, 1.807) is 12.4 Å². The van der Waals surface area contributed by atoms with Crippen molar-refractivity contribution in [1.29, 1.82) is 0 Å². The molecule has 1 saturated heterocycles. The Morgan fingerprint density at radius 1 is 1.29 bits per heavy atom. The van der Waals surface area contributed by atoms with E-state index >= 15 is 0 Å². The summed E-state index contributed by atoms with van der Waals surface area (Å²) in [5, 5.41) is 3.44. The minimum absolute atomic E-state index is 0.304. The molecule has 0 aliphatic carbocycles. The van der Waals surface area contributed by atoms with Gasteiger partial charge >= 0.3 is 0 Å². The number of aryl methyl sites for hydroxylation is 1. The maximum atomic E-state index is 12.9. The van der Waals surface area contributed by atoms with Gasteiger partial charge in [0.05, 0.1) is 6.20 Å². The first-order valence-electron chi connectivity index (χ1n) is 7.12. The summed E-state index contributed by atoms with van der Waals surface area (Å²) in [5.74, 6) is 1.37. The van der Waals surface area contributed by atoms with Crippen molar-refractivity contribution in [3.05, 3.63) is 42.2 Å². The van der Waals surface area contributed by atoms with Gasteiger partial charge in [-0.3, -0.25) is 0 Å². The van der Waals surface area contributed by atoms with Crippen molar-refractivity contribution in [2.75, 3.05) is 23.3 Å². The molecule has 1 unspecified atom stereocenters. The van der Waals surface area contributed by atoms with Crippen LogP contribution in [0.15, 0.2) is 30.7 Å². The van der Waals surface area contributed by atoms with Gasteiger partial charge in [0.2, 0.25) is 0 Å². The topological polar surface area (TPSA) is 53.9 Å². The molecule has 3 rings (SSSR count). The third-order valence-corrected chi connectivity index (χ3v) is 3.61. The predicted octanol–water partition coefficient (Wildman–Crippen LogP) is 2.40. The van der Waals surface area contributed by atoms with E-state index < -0.39 is 0 Å². The smallest absolute Gasteiger partial charge is 0.141 e. The summed E-state index contributed by atoms with van der Waals surface area (Å²) < 4.78 is 12.9. The summed E-state index contributed by atoms with van der Waals surface area (Å²) in [6, 6.07) is 5.43. The molecule has 0 saturated carbocycles. The second-order valence-electron chi connectivity index (χ2n) is 5.31. The molecule has 1 atom stereocenters. The SMILES string of the molecule is Cc1cc(NC2CCCN(c3ccc(F)cn3)C2)ncn1. The van der Waals surface area contributed by atoms with Crippen LogP contribution in [0, 0.1) is 12.7 Å². The molecule has 1 N–H and O–H groups in total. The first-order valence-corrected chi connectivity index (χ1v) is 7.12. The Morgan fingerprint density at radius 2 is 2.19 bits per heavy atom. The lowest BCUT2D eigenvalue weighted by molar-refractivity contribution is 0.524. The maximum absolute atomic E-state index is 12.9. The van der Waals surface area contributed by atoms with Crippen molar-refractivity contribution in [1.82, 2.24) is 15.0 Å². The van der Waals surface area contributed by atoms with Crippen LogP contribution >= 0.6 is 0 Å². The minimum atomic E-state index is -0.304. The van der Waals surface area contributed by atoms with Crippen molar-refractivity contribution in [2.24, 2.45) is 0 Å². The van der Waals surface area contributed by atoms with Gasteiger partial charge in [-0.2, -0.15) is 0 Å². The van der Waals surface area contributed by atoms with Gasteiger partial charge in [0.15, 0.2) is 0 Å². The number of aromatic nitrogens is 3. The number of anilines is 2. The zero-order valence-corrected chi connectivity index (χ0v) is 12.0. The summed E-state index contributed by atoms with van der Waals surface area (Å²) in [5.41, 5.74) is 0.945. The minimum Gasteiger partial charge on any atom is -0.365 e. The monoisotopic (exact) mass is 287 g/mol. The standard InChI is InChI=1S/C15H18FN5/c1-11-7-14(19-10-18-11)20-13-3-2-6-21(9-13)15-5-4-12(16)8-17-15/h4-5,7-8,10,13H,2-3,6,9H2,1H3,(H,18,19,20). The molecule has 5 nitrogen and oxygen atoms in total. The van der Waals surface area contributed by atoms with Gasteiger partial charge in [0, 0.05) is 30.9 Å². The first kappa shape index (κ1) is 13.7. The van der Waals surface area contributed by atoms with Crippen molar-refractivity contribution >= 4 is 11.6 Å². The molecule has 6 heteroatoms. The molecule has 0 spiro atoms. The number of piperidine rings is 1. The van der Waals surface area contributed by atoms with Gasteiger partial charge in [0.25, 0.3) is 0 Å². The molecular weight excluding hydrogens is 269 g/mol. The summed E-state index contributed by atoms with van der Waals surface area (Å²) >= 11 is 0. The lowest BCUT2D eigenvalue weighted by Gasteiger charge is -2.34. The number of nitrogens with one attached hydrogen (secondary N) is 1. The van der Waals surface area contributed by atoms with E-state index in [0.717, 1.165) is 43.3 Å². The average Bonchev–Trinajstić information content (AvgIpc) is 2.48. The van der Waals surface area contributed by atoms with Crippen LogP contribution in [0.2, 0.25) is 0 Å². The molecule has 1 aliphatic heterocycles. The molecule has 1 aliphatic rings. The Kier molecular flexibility index (Phi) is 3.94. The van der Waals surface area contributed by atoms with Crippen molar-refractivity contribution < 1.29 is 4.39 Å². The van der Waals surface area contributed by atoms with Gasteiger partial charge in [-0.15, -0.1) is 0 Å². The van der Waals surface area contributed by atoms with Crippen LogP contribution in [0.25, 0.3) is 0 Å². The Labute approximate surface area is 123 Å². The van der Waals surface area contributed by atoms with E-state index in [1.807, 2.05) is 13.0 Å². The molecular formula is C15H18FN5. The van der Waals surface area contributed by atoms with Crippen molar-refractivity contribution in [3.8, 4) is 0 Å². The molecule has 21 heavy (non-hydrogen) atoms. The van der Waals surface area contributed by atoms with Gasteiger partial charge in [-0.05, 0) is 31.9 Å². The number of halogens is 1. The third kappa shape index (κ3) is 3.45. The quantitative estimate of drug-likeness (QED) is 0.939. The fourth-order valence-corrected chi connectivity index (χ4v) is 2.60. The molecule has 2 aromatic heterocycles. The van der Waals surface area contributed by atoms with E-state index in [0.29, 0.717) is 6.04 Å². The van der Waals surface area contributed by atoms with Gasteiger partial charge in [-0.25, -0.2) is 19.3 Å². The largest absolute Gasteiger partial charge is 0.365 e. The molecule has 2 aromatic rings. The number of pyridine rings is 1. The maximum Gasteiger partial charge on any atom is 0.141 e. The molecule has 110 valence electrons. The fraction of sp³-hybridized carbons (Fsp3) is 0.400. The number of hydrogen-bond acceptors (Lipinski definition) is 5. The number of nitrogens with zero attached hydrogens (tertiary/aromatic N) is 4. The van der Waals surface area contributed by atoms with E-state index in [9.17, 15) is 4.39 Å². The molecule has 3 heterocycles. The zero-order chi connectivity index (χ0) is 14.7. The lowest BCUT2D eigenvalue weighted by Crippen LogP contribution is -2.42. The van der Waals surface area contributed by atoms with Gasteiger partial charge < -0.3 is 10.2 Å². The lowest BCUT2D eigenvalue weighted by atomic mass is 10.1. The van der Waals surface area contributed by atoms with E-state index in [1.165, 1.54) is 12.3 Å². The average molecular weight is 287 g/mol. The molecule has 1 fully saturated rings. The number of hydrogen-bond donors (Lipinski definition) is 1. The summed E-state index contributed by atoms with van der Waals surface area (Å²) in [6.07, 6.45) is 4.99. The normalized spacial score (nSPS) is 18.6. The van der Waals surface area contributed by atoms with Crippen molar-refractivity contribution in [2.45, 2.75) is 25.8 Å². The van der Waals surface area contributed by atoms with E-state index in [2.05, 4.69) is 25.2 Å². The second kappa shape index (κ2) is 6.03. The highest BCUT2D eigenvalue weighted by atomic mass is 19.1. The Bertz CT molecular complexity index is 601. The van der Waals surface area contributed by atoms with Crippen LogP contribution in [0.4, 0.5) is 16.0 Å². The molecule has 0 amide bonds. The van der Waals surface area contributed by atoms with Crippen LogP contribution in [-0.4, -0.2) is 34.1 Å². The van der Waals surface area contributed by atoms with E-state index in [4.69, 9.17) is 0 Å². The summed E-state index contributed by atoms with van der Waals surface area (Å²) in [4.78, 5) is 14.7. The highest BCUT2D eigenvalue weighted by Crippen LogP contribution is 2.20. The van der Waals surface area contributed by atoms with Crippen LogP contribution in [0.1, 0.15) is 18.5 Å². The first-order chi connectivity index (χ1) is 10.2. The molecule has 0 radical (unpaired) electrons. The fourth-order valence-electron chi connectivity index (χ4n) is 2.60. The van der Waals surface area contributed by atoms with Gasteiger partial charge in [0.1, 0.15) is 23.8 Å². The van der Waals surface area contributed by atoms with E-state index in [-0.39, 0.29) is 5.82 Å². The van der Waals surface area contributed by atoms with Crippen molar-refractivity contribution in [3.63, 3.8) is 0 Å². The zero-order valence-electron chi connectivity index (χ0n) is 12.0. The van der Waals surface area contributed by atoms with Crippen LogP contribution in [0.5, 0.6) is 0 Å². The van der Waals surface area contributed by atoms with Gasteiger partial charge in [-0.1, -0.05) is 0 Å². The third-order valence-electron chi connectivity index (χ3n) is 3.61. The second-order valence-corrected chi connectivity index (χ2v) is 5.31. The summed E-state index contributed by atoms with van der Waals surface area (Å²) in [7, 11) is 0. The molecule has 0 bridgehead atoms. The van der Waals surface area contributed by atoms with Crippen LogP contribution in [-0.2, 0) is 0 Å². The molecule has 0 aromatic carbocycles. The van der Waals surface area contributed by atoms with Crippen LogP contribution < -0.4 is 10.2 Å². The number of rotatable bonds is 3. The summed E-state index contributed by atoms with van der Waals surface area (Å²) in [6.45, 7) is 3.73. The highest BCUT2D eigenvalue weighted by Gasteiger charge is 2.21. The Hall–Kier alpha value is -2.24. The highest BCUT2D eigenvalue weighted by molar-refractivity contribution is 5.41. The van der Waals surface area contributed by atoms with Crippen LogP contribution in [0.3, 0.4) is 0 Å². The Balaban J connectivity index is 1.67. The Morgan fingerprint density at radius 3 is 2.95 bits per heavy atom. The predicted molar refractivity (Wildman–Crippen MR) is 79.8 cm³/mol.